The Morgan fingerprint density at radius 2 is 1.06 bits per heavy atom. The number of rotatable bonds is 4. The molecule has 3 aromatic heterocycles. The van der Waals surface area contributed by atoms with Gasteiger partial charge in [0.05, 0.1) is 13.9 Å². The Hall–Kier alpha value is 0.793. The molecule has 3 aromatic rings. The van der Waals surface area contributed by atoms with Gasteiger partial charge in [-0.2, -0.15) is 0 Å². The van der Waals surface area contributed by atoms with Crippen molar-refractivity contribution in [2.45, 2.75) is 20.8 Å². The topological polar surface area (TPSA) is 117 Å². The second-order valence-corrected chi connectivity index (χ2v) is 15.4. The molecule has 0 bridgehead atoms. The van der Waals surface area contributed by atoms with Crippen LogP contribution >= 0.6 is 98.5 Å². The molecule has 0 spiro atoms. The van der Waals surface area contributed by atoms with Crippen molar-refractivity contribution in [1.82, 2.24) is 15.0 Å². The van der Waals surface area contributed by atoms with Crippen LogP contribution in [-0.4, -0.2) is 15.0 Å². The molecule has 3 heterocycles. The number of aromatic nitrogens is 3. The zero-order chi connectivity index (χ0) is 23.7. The molecule has 6 radical (unpaired) electrons. The van der Waals surface area contributed by atoms with E-state index in [1.165, 1.54) is 45.8 Å². The van der Waals surface area contributed by atoms with Gasteiger partial charge in [0.2, 0.25) is 0 Å². The SMILES string of the molecule is C[C]1[CH][CH][C](C(C)C)[CH][CH]1.Cl.Cl.Cl.Nc1ncc(P(c2cnc(N)s2)c2cnc(N)s2)s1.[Cl][Ru][Cl]. The van der Waals surface area contributed by atoms with Gasteiger partial charge in [0, 0.05) is 26.5 Å². The molecule has 6 nitrogen and oxygen atoms in total. The van der Waals surface area contributed by atoms with E-state index in [1.807, 2.05) is 0 Å². The van der Waals surface area contributed by atoms with Crippen molar-refractivity contribution < 1.29 is 15.1 Å². The van der Waals surface area contributed by atoms with Crippen LogP contribution in [0.2, 0.25) is 0 Å². The van der Waals surface area contributed by atoms with Gasteiger partial charge in [0.25, 0.3) is 0 Å². The normalized spacial score (nSPS) is 13.6. The van der Waals surface area contributed by atoms with Gasteiger partial charge >= 0.3 is 34.5 Å². The van der Waals surface area contributed by atoms with Crippen molar-refractivity contribution in [3.05, 3.63) is 56.1 Å². The van der Waals surface area contributed by atoms with Crippen LogP contribution in [0.4, 0.5) is 15.4 Å². The molecule has 0 aromatic carbocycles. The number of anilines is 3. The molecule has 4 rings (SSSR count). The summed E-state index contributed by atoms with van der Waals surface area (Å²) in [5, 5.41) is 1.66. The molecule has 0 saturated heterocycles. The zero-order valence-electron chi connectivity index (χ0n) is 18.7. The predicted molar refractivity (Wildman–Crippen MR) is 163 cm³/mol. The fourth-order valence-electron chi connectivity index (χ4n) is 2.42. The summed E-state index contributed by atoms with van der Waals surface area (Å²) < 4.78 is 3.29. The molecule has 1 aliphatic carbocycles. The summed E-state index contributed by atoms with van der Waals surface area (Å²) in [7, 11) is 8.95. The molecule has 1 saturated carbocycles. The van der Waals surface area contributed by atoms with E-state index in [0.717, 1.165) is 13.9 Å². The molecular weight excluding hydrogens is 718 g/mol. The van der Waals surface area contributed by atoms with Crippen molar-refractivity contribution in [3.8, 4) is 0 Å². The summed E-state index contributed by atoms with van der Waals surface area (Å²) in [5.74, 6) is 3.41. The van der Waals surface area contributed by atoms with Crippen molar-refractivity contribution in [2.24, 2.45) is 5.92 Å². The summed E-state index contributed by atoms with van der Waals surface area (Å²) in [6.07, 6.45) is 14.1. The molecule has 0 unspecified atom stereocenters. The van der Waals surface area contributed by atoms with Gasteiger partial charge in [-0.25, -0.2) is 15.0 Å². The van der Waals surface area contributed by atoms with Gasteiger partial charge in [-0.1, -0.05) is 54.8 Å². The first-order valence-corrected chi connectivity index (χ1v) is 17.4. The zero-order valence-corrected chi connectivity index (χ0v) is 27.7. The summed E-state index contributed by atoms with van der Waals surface area (Å²) in [6.45, 7) is 6.54. The minimum absolute atomic E-state index is 0. The van der Waals surface area contributed by atoms with E-state index >= 15 is 0 Å². The van der Waals surface area contributed by atoms with Crippen LogP contribution in [0.3, 0.4) is 0 Å². The van der Waals surface area contributed by atoms with Crippen LogP contribution in [0.25, 0.3) is 0 Å². The summed E-state index contributed by atoms with van der Waals surface area (Å²) in [4.78, 5) is 12.4. The molecular formula is C19H26Cl5N6PRuS3. The van der Waals surface area contributed by atoms with Crippen LogP contribution in [0.5, 0.6) is 0 Å². The second-order valence-electron chi connectivity index (χ2n) is 6.56. The Balaban J connectivity index is 0. The second kappa shape index (κ2) is 19.8. The number of hydrogen-bond acceptors (Lipinski definition) is 9. The average Bonchev–Trinajstić information content (AvgIpc) is 3.47. The van der Waals surface area contributed by atoms with E-state index in [2.05, 4.69) is 61.4 Å². The van der Waals surface area contributed by atoms with Gasteiger partial charge in [-0.3, -0.25) is 0 Å². The van der Waals surface area contributed by atoms with Crippen LogP contribution < -0.4 is 31.1 Å². The third-order valence-electron chi connectivity index (χ3n) is 3.94. The van der Waals surface area contributed by atoms with Crippen molar-refractivity contribution in [1.29, 1.82) is 0 Å². The molecule has 0 amide bonds. The van der Waals surface area contributed by atoms with Gasteiger partial charge in [0.15, 0.2) is 15.4 Å². The van der Waals surface area contributed by atoms with E-state index in [1.54, 1.807) is 18.6 Å². The van der Waals surface area contributed by atoms with E-state index in [0.29, 0.717) is 21.3 Å². The molecule has 6 N–H and O–H groups in total. The Morgan fingerprint density at radius 1 is 0.743 bits per heavy atom. The fraction of sp³-hybridized carbons (Fsp3) is 0.211. The molecule has 0 atom stereocenters. The fourth-order valence-corrected chi connectivity index (χ4v) is 9.10. The number of nitrogen functional groups attached to an aromatic ring is 3. The van der Waals surface area contributed by atoms with Crippen LogP contribution in [0, 0.1) is 43.4 Å². The molecule has 35 heavy (non-hydrogen) atoms. The summed E-state index contributed by atoms with van der Waals surface area (Å²) in [6, 6.07) is 0. The number of nitrogens with zero attached hydrogens (tertiary/aromatic N) is 3. The first-order chi connectivity index (χ1) is 15.2. The molecule has 198 valence electrons. The van der Waals surface area contributed by atoms with Crippen molar-refractivity contribution in [3.63, 3.8) is 0 Å². The Kier molecular flexibility index (Phi) is 21.5. The first kappa shape index (κ1) is 37.9. The van der Waals surface area contributed by atoms with E-state index < -0.39 is 7.92 Å². The average molecular weight is 744 g/mol. The van der Waals surface area contributed by atoms with E-state index in [9.17, 15) is 0 Å². The third-order valence-corrected chi connectivity index (χ3v) is 9.96. The van der Waals surface area contributed by atoms with Crippen LogP contribution in [0.1, 0.15) is 20.8 Å². The van der Waals surface area contributed by atoms with Gasteiger partial charge in [0.1, 0.15) is 0 Å². The van der Waals surface area contributed by atoms with Crippen LogP contribution in [-0.2, 0) is 15.1 Å². The third kappa shape index (κ3) is 12.9. The van der Waals surface area contributed by atoms with Gasteiger partial charge in [-0.15, -0.1) is 37.2 Å². The van der Waals surface area contributed by atoms with E-state index in [-0.39, 0.29) is 52.4 Å². The Labute approximate surface area is 255 Å². The predicted octanol–water partition coefficient (Wildman–Crippen LogP) is 5.84. The molecule has 16 heteroatoms. The maximum atomic E-state index is 5.73. The summed E-state index contributed by atoms with van der Waals surface area (Å²) >= 11 is 4.08. The van der Waals surface area contributed by atoms with Gasteiger partial charge < -0.3 is 17.2 Å². The quantitative estimate of drug-likeness (QED) is 0.229. The number of nitrogens with two attached hydrogens (primary N) is 3. The van der Waals surface area contributed by atoms with Crippen LogP contribution in [0.15, 0.2) is 18.6 Å². The maximum absolute atomic E-state index is 5.73. The number of hydrogen-bond donors (Lipinski definition) is 3. The van der Waals surface area contributed by atoms with Crippen molar-refractivity contribution >= 4 is 128 Å². The number of halogens is 5. The minimum atomic E-state index is -0.755. The Morgan fingerprint density at radius 3 is 1.29 bits per heavy atom. The standard InChI is InChI=1S/C10H14.C9H9N6PS3.5ClH.Ru/c1-8(2)10-6-4-9(3)5-7-10;10-7-13-1-4(17-7)16(5-2-14-8(11)18-5)6-3-15-9(12)19-6;;;;;;/h4-8H,1-3H3;1-3H,(H2,10,13)(H2,11,14)(H2,12,15);5*1H;/q;;;;;;;+2/p-2. The number of thiazole rings is 3. The van der Waals surface area contributed by atoms with Gasteiger partial charge in [-0.05, 0) is 43.4 Å². The molecule has 1 aliphatic rings. The summed E-state index contributed by atoms with van der Waals surface area (Å²) in [5.41, 5.74) is 17.2. The first-order valence-electron chi connectivity index (χ1n) is 9.11. The molecule has 0 aliphatic heterocycles. The Bertz CT molecular complexity index is 844. The monoisotopic (exact) mass is 742 g/mol. The molecule has 1 fully saturated rings. The van der Waals surface area contributed by atoms with E-state index in [4.69, 9.17) is 36.6 Å². The van der Waals surface area contributed by atoms with Crippen molar-refractivity contribution in [2.75, 3.05) is 17.2 Å².